The Morgan fingerprint density at radius 1 is 1.16 bits per heavy atom. The van der Waals surface area contributed by atoms with Gasteiger partial charge in [0.15, 0.2) is 6.10 Å². The maximum absolute atomic E-state index is 14.1. The second kappa shape index (κ2) is 10.9. The van der Waals surface area contributed by atoms with Crippen LogP contribution in [0.5, 0.6) is 11.5 Å². The molecule has 0 spiro atoms. The molecule has 2 aromatic carbocycles. The molecule has 1 aromatic heterocycles. The van der Waals surface area contributed by atoms with Crippen LogP contribution >= 0.6 is 0 Å². The van der Waals surface area contributed by atoms with Gasteiger partial charge in [0.05, 0.1) is 24.0 Å². The second-order valence-electron chi connectivity index (χ2n) is 8.60. The van der Waals surface area contributed by atoms with Crippen molar-refractivity contribution in [2.24, 2.45) is 0 Å². The van der Waals surface area contributed by atoms with E-state index in [-0.39, 0.29) is 17.3 Å². The largest absolute Gasteiger partial charge is 0.494 e. The zero-order valence-corrected chi connectivity index (χ0v) is 22.0. The first-order chi connectivity index (χ1) is 17.6. The molecule has 0 saturated heterocycles. The molecule has 1 amide bonds. The van der Waals surface area contributed by atoms with Crippen LogP contribution in [0.1, 0.15) is 19.4 Å². The molecule has 3 unspecified atom stereocenters. The highest BCUT2D eigenvalue weighted by atomic mass is 32.2. The highest BCUT2D eigenvalue weighted by Crippen LogP contribution is 2.39. The Balaban J connectivity index is 1.99. The molecule has 1 heterocycles. The highest BCUT2D eigenvalue weighted by Gasteiger charge is 2.38. The van der Waals surface area contributed by atoms with Crippen LogP contribution in [-0.2, 0) is 14.5 Å². The van der Waals surface area contributed by atoms with Crippen molar-refractivity contribution in [3.63, 3.8) is 0 Å². The lowest BCUT2D eigenvalue weighted by Gasteiger charge is -2.22. The van der Waals surface area contributed by atoms with Gasteiger partial charge in [-0.15, -0.1) is 0 Å². The summed E-state index contributed by atoms with van der Waals surface area (Å²) in [6.07, 6.45) is -3.32. The summed E-state index contributed by atoms with van der Waals surface area (Å²) in [7, 11) is -1.19. The molecule has 0 aliphatic rings. The van der Waals surface area contributed by atoms with Gasteiger partial charge in [0.2, 0.25) is 0 Å². The van der Waals surface area contributed by atoms with Crippen LogP contribution in [0.15, 0.2) is 30.6 Å². The van der Waals surface area contributed by atoms with E-state index < -0.39 is 39.8 Å². The minimum Gasteiger partial charge on any atom is -0.494 e. The molecular weight excluding hydrogens is 530 g/mol. The fourth-order valence-electron chi connectivity index (χ4n) is 3.54. The first-order valence-electron chi connectivity index (χ1n) is 11.1. The summed E-state index contributed by atoms with van der Waals surface area (Å²) >= 11 is 0. The molecular formula is C24H27F4N5O4S. The van der Waals surface area contributed by atoms with Gasteiger partial charge in [0.1, 0.15) is 35.5 Å². The number of methoxy groups -OCH3 is 1. The lowest BCUT2D eigenvalue weighted by Crippen LogP contribution is -2.47. The van der Waals surface area contributed by atoms with Crippen molar-refractivity contribution in [1.29, 1.82) is 0 Å². The fourth-order valence-corrected chi connectivity index (χ4v) is 4.16. The number of nitrogens with zero attached hydrogens (tertiary/aromatic N) is 2. The molecule has 0 fully saturated rings. The minimum atomic E-state index is -4.63. The number of amides is 1. The molecule has 0 aliphatic heterocycles. The summed E-state index contributed by atoms with van der Waals surface area (Å²) in [5.74, 6) is 2.37. The Morgan fingerprint density at radius 3 is 2.45 bits per heavy atom. The smallest absolute Gasteiger partial charge is 0.408 e. The van der Waals surface area contributed by atoms with Crippen LogP contribution in [0.3, 0.4) is 0 Å². The Hall–Kier alpha value is -3.81. The second-order valence-corrected chi connectivity index (χ2v) is 10.8. The Morgan fingerprint density at radius 2 is 1.84 bits per heavy atom. The molecule has 3 aromatic rings. The number of fused-ring (bicyclic) bond motifs is 1. The van der Waals surface area contributed by atoms with Crippen LogP contribution < -0.4 is 24.8 Å². The van der Waals surface area contributed by atoms with Gasteiger partial charge in [-0.25, -0.2) is 18.6 Å². The third-order valence-corrected chi connectivity index (χ3v) is 6.02. The van der Waals surface area contributed by atoms with Crippen LogP contribution in [-0.4, -0.2) is 57.6 Å². The summed E-state index contributed by atoms with van der Waals surface area (Å²) in [5, 5.41) is 5.35. The van der Waals surface area contributed by atoms with Crippen molar-refractivity contribution >= 4 is 49.6 Å². The van der Waals surface area contributed by atoms with Crippen LogP contribution in [0, 0.1) is 12.7 Å². The van der Waals surface area contributed by atoms with Crippen molar-refractivity contribution in [3.8, 4) is 11.5 Å². The quantitative estimate of drug-likeness (QED) is 0.265. The van der Waals surface area contributed by atoms with Crippen molar-refractivity contribution < 1.29 is 36.0 Å². The Labute approximate surface area is 217 Å². The first kappa shape index (κ1) is 28.8. The van der Waals surface area contributed by atoms with Gasteiger partial charge < -0.3 is 24.8 Å². The molecule has 9 nitrogen and oxygen atoms in total. The lowest BCUT2D eigenvalue weighted by molar-refractivity contribution is -0.160. The van der Waals surface area contributed by atoms with Crippen molar-refractivity contribution in [2.45, 2.75) is 39.1 Å². The number of carbonyl (C=O) groups is 1. The number of rotatable bonds is 9. The highest BCUT2D eigenvalue weighted by molar-refractivity contribution is 8.00. The number of alkyl halides is 3. The van der Waals surface area contributed by atoms with Crippen molar-refractivity contribution in [3.05, 3.63) is 42.0 Å². The predicted molar refractivity (Wildman–Crippen MR) is 139 cm³/mol. The van der Waals surface area contributed by atoms with E-state index in [1.165, 1.54) is 32.7 Å². The molecule has 206 valence electrons. The summed E-state index contributed by atoms with van der Waals surface area (Å²) in [4.78, 5) is 20.8. The molecule has 14 heteroatoms. The molecule has 3 N–H and O–H groups in total. The number of hydrogen-bond donors (Lipinski definition) is 3. The topological polar surface area (TPSA) is 114 Å². The third-order valence-electron chi connectivity index (χ3n) is 5.37. The van der Waals surface area contributed by atoms with E-state index in [2.05, 4.69) is 25.9 Å². The molecule has 0 radical (unpaired) electrons. The van der Waals surface area contributed by atoms with Gasteiger partial charge in [0, 0.05) is 33.0 Å². The van der Waals surface area contributed by atoms with Crippen LogP contribution in [0.2, 0.25) is 0 Å². The summed E-state index contributed by atoms with van der Waals surface area (Å²) < 4.78 is 78.6. The maximum atomic E-state index is 14.1. The average Bonchev–Trinajstić information content (AvgIpc) is 2.79. The standard InChI is InChI=1S/C24H27F4N5O4S/c1-12-20-17(10-18(21(12)36-4)33-38(5,6)35)29-11-30-22(20)32-16-8-7-15(25)9-19(16)37-13(2)23(34)31-14(3)24(26,27)28/h7-11,13-14H,5H2,1-4,6H3,(H,31,34)(H,33,35)(H,29,30,32). The van der Waals surface area contributed by atoms with E-state index in [1.54, 1.807) is 13.0 Å². The first-order valence-corrected chi connectivity index (χ1v) is 13.3. The molecule has 3 rings (SSSR count). The SMILES string of the molecule is C=S(C)(=O)Nc1cc2ncnc(Nc3ccc(F)cc3OC(C)C(=O)NC(C)C(F)(F)F)c2c(C)c1OC. The molecule has 38 heavy (non-hydrogen) atoms. The minimum absolute atomic E-state index is 0.134. The number of benzene rings is 2. The molecule has 0 aliphatic carbocycles. The zero-order chi connectivity index (χ0) is 28.4. The number of halogens is 4. The van der Waals surface area contributed by atoms with Crippen LogP contribution in [0.4, 0.5) is 34.8 Å². The Bertz CT molecular complexity index is 1460. The van der Waals surface area contributed by atoms with E-state index in [4.69, 9.17) is 9.47 Å². The van der Waals surface area contributed by atoms with Gasteiger partial charge in [0.25, 0.3) is 5.91 Å². The molecule has 0 saturated carbocycles. The Kier molecular flexibility index (Phi) is 8.24. The number of hydrogen-bond acceptors (Lipinski definition) is 7. The fraction of sp³-hybridized carbons (Fsp3) is 0.333. The van der Waals surface area contributed by atoms with Crippen molar-refractivity contribution in [2.75, 3.05) is 23.4 Å². The normalized spacial score (nSPS) is 14.8. The molecule has 3 atom stereocenters. The number of ether oxygens (including phenoxy) is 2. The maximum Gasteiger partial charge on any atom is 0.408 e. The van der Waals surface area contributed by atoms with E-state index in [1.807, 2.05) is 5.32 Å². The van der Waals surface area contributed by atoms with Crippen LogP contribution in [0.25, 0.3) is 10.9 Å². The van der Waals surface area contributed by atoms with E-state index >= 15 is 0 Å². The van der Waals surface area contributed by atoms with E-state index in [9.17, 15) is 26.6 Å². The summed E-state index contributed by atoms with van der Waals surface area (Å²) in [5.41, 5.74) is 1.62. The third kappa shape index (κ3) is 6.73. The van der Waals surface area contributed by atoms with Gasteiger partial charge in [-0.2, -0.15) is 13.2 Å². The number of nitrogens with one attached hydrogen (secondary N) is 3. The van der Waals surface area contributed by atoms with Gasteiger partial charge >= 0.3 is 6.18 Å². The van der Waals surface area contributed by atoms with Crippen molar-refractivity contribution in [1.82, 2.24) is 15.3 Å². The summed E-state index contributed by atoms with van der Waals surface area (Å²) in [6.45, 7) is 3.77. The zero-order valence-electron chi connectivity index (χ0n) is 21.2. The average molecular weight is 558 g/mol. The number of carbonyl (C=O) groups excluding carboxylic acids is 1. The summed E-state index contributed by atoms with van der Waals surface area (Å²) in [6, 6.07) is 2.97. The van der Waals surface area contributed by atoms with Gasteiger partial charge in [-0.05, 0) is 44.8 Å². The number of aryl methyl sites for hydroxylation is 1. The predicted octanol–water partition coefficient (Wildman–Crippen LogP) is 4.34. The van der Waals surface area contributed by atoms with Gasteiger partial charge in [-0.3, -0.25) is 4.79 Å². The molecule has 0 bridgehead atoms. The van der Waals surface area contributed by atoms with Gasteiger partial charge in [-0.1, -0.05) is 0 Å². The number of aromatic nitrogens is 2. The number of anilines is 3. The monoisotopic (exact) mass is 557 g/mol. The van der Waals surface area contributed by atoms with E-state index in [0.29, 0.717) is 27.9 Å². The van der Waals surface area contributed by atoms with E-state index in [0.717, 1.165) is 19.1 Å². The lowest BCUT2D eigenvalue weighted by atomic mass is 10.1.